The molecule has 0 spiro atoms. The Balaban J connectivity index is 2.51. The average molecular weight is 254 g/mol. The molecule has 1 aromatic rings. The Morgan fingerprint density at radius 3 is 2.59 bits per heavy atom. The number of thiophene rings is 1. The van der Waals surface area contributed by atoms with Crippen molar-refractivity contribution >= 4 is 17.2 Å². The highest BCUT2D eigenvalue weighted by Gasteiger charge is 2.17. The minimum absolute atomic E-state index is 0.0759. The molecule has 1 aromatic heterocycles. The van der Waals surface area contributed by atoms with Gasteiger partial charge in [-0.15, -0.1) is 11.3 Å². The number of hydrogen-bond acceptors (Lipinski definition) is 3. The van der Waals surface area contributed by atoms with Crippen molar-refractivity contribution in [2.75, 3.05) is 7.05 Å². The molecule has 1 heterocycles. The van der Waals surface area contributed by atoms with Crippen LogP contribution in [0.4, 0.5) is 0 Å². The van der Waals surface area contributed by atoms with E-state index in [0.29, 0.717) is 5.92 Å². The zero-order chi connectivity index (χ0) is 12.8. The van der Waals surface area contributed by atoms with Crippen LogP contribution in [0.1, 0.15) is 30.0 Å². The van der Waals surface area contributed by atoms with Gasteiger partial charge in [0.25, 0.3) is 0 Å². The third-order valence-corrected chi connectivity index (χ3v) is 3.59. The van der Waals surface area contributed by atoms with Crippen LogP contribution in [0.5, 0.6) is 0 Å². The van der Waals surface area contributed by atoms with E-state index in [1.807, 2.05) is 0 Å². The Labute approximate surface area is 108 Å². The summed E-state index contributed by atoms with van der Waals surface area (Å²) in [6, 6.07) is 4.13. The third-order valence-electron chi connectivity index (χ3n) is 2.59. The van der Waals surface area contributed by atoms with Crippen molar-refractivity contribution in [1.29, 1.82) is 0 Å². The summed E-state index contributed by atoms with van der Waals surface area (Å²) >= 11 is 1.77. The Bertz CT molecular complexity index is 360. The second-order valence-corrected chi connectivity index (χ2v) is 6.06. The van der Waals surface area contributed by atoms with Gasteiger partial charge in [-0.25, -0.2) is 0 Å². The van der Waals surface area contributed by atoms with E-state index in [2.05, 4.69) is 43.5 Å². The van der Waals surface area contributed by atoms with E-state index >= 15 is 0 Å². The highest BCUT2D eigenvalue weighted by Crippen LogP contribution is 2.15. The smallest absolute Gasteiger partial charge is 0.236 e. The number of amides is 1. The summed E-state index contributed by atoms with van der Waals surface area (Å²) in [5.74, 6) is 0.585. The molecule has 3 nitrogen and oxygen atoms in total. The lowest BCUT2D eigenvalue weighted by atomic mass is 10.0. The minimum Gasteiger partial charge on any atom is -0.358 e. The molecule has 0 aliphatic rings. The van der Waals surface area contributed by atoms with Gasteiger partial charge in [-0.2, -0.15) is 0 Å². The zero-order valence-corrected chi connectivity index (χ0v) is 11.9. The van der Waals surface area contributed by atoms with Crippen molar-refractivity contribution in [2.45, 2.75) is 39.8 Å². The van der Waals surface area contributed by atoms with E-state index in [1.54, 1.807) is 18.4 Å². The molecule has 0 fully saturated rings. The number of carbonyl (C=O) groups excluding carboxylic acids is 1. The summed E-state index contributed by atoms with van der Waals surface area (Å²) in [5, 5.41) is 6.04. The molecular weight excluding hydrogens is 232 g/mol. The van der Waals surface area contributed by atoms with E-state index in [1.165, 1.54) is 9.75 Å². The molecule has 0 aliphatic heterocycles. The van der Waals surface area contributed by atoms with E-state index in [9.17, 15) is 4.79 Å². The van der Waals surface area contributed by atoms with Gasteiger partial charge < -0.3 is 10.6 Å². The fourth-order valence-electron chi connectivity index (χ4n) is 1.73. The molecule has 0 aliphatic carbocycles. The lowest BCUT2D eigenvalue weighted by molar-refractivity contribution is -0.123. The summed E-state index contributed by atoms with van der Waals surface area (Å²) < 4.78 is 0. The molecule has 1 atom stereocenters. The summed E-state index contributed by atoms with van der Waals surface area (Å²) in [6.45, 7) is 7.13. The molecule has 17 heavy (non-hydrogen) atoms. The van der Waals surface area contributed by atoms with Crippen molar-refractivity contribution in [2.24, 2.45) is 5.92 Å². The van der Waals surface area contributed by atoms with Crippen LogP contribution in [-0.2, 0) is 11.3 Å². The molecule has 0 bridgehead atoms. The van der Waals surface area contributed by atoms with Gasteiger partial charge in [-0.1, -0.05) is 13.8 Å². The molecular formula is C13H22N2OS. The summed E-state index contributed by atoms with van der Waals surface area (Å²) in [7, 11) is 1.69. The summed E-state index contributed by atoms with van der Waals surface area (Å²) in [4.78, 5) is 14.3. The fraction of sp³-hybridized carbons (Fsp3) is 0.615. The summed E-state index contributed by atoms with van der Waals surface area (Å²) in [6.07, 6.45) is 0.865. The topological polar surface area (TPSA) is 41.1 Å². The molecule has 2 N–H and O–H groups in total. The minimum atomic E-state index is -0.0950. The first-order chi connectivity index (χ1) is 8.02. The number of aryl methyl sites for hydroxylation is 1. The van der Waals surface area contributed by atoms with Crippen LogP contribution >= 0.6 is 11.3 Å². The molecule has 0 saturated heterocycles. The van der Waals surface area contributed by atoms with E-state index in [4.69, 9.17) is 0 Å². The van der Waals surface area contributed by atoms with Gasteiger partial charge in [0.05, 0.1) is 6.04 Å². The van der Waals surface area contributed by atoms with Gasteiger partial charge >= 0.3 is 0 Å². The van der Waals surface area contributed by atoms with Gasteiger partial charge in [0.2, 0.25) is 5.91 Å². The maximum Gasteiger partial charge on any atom is 0.236 e. The predicted octanol–water partition coefficient (Wildman–Crippen LogP) is 2.31. The second-order valence-electron chi connectivity index (χ2n) is 4.69. The molecule has 0 radical (unpaired) electrons. The lowest BCUT2D eigenvalue weighted by Crippen LogP contribution is -2.43. The van der Waals surface area contributed by atoms with Crippen LogP contribution in [0, 0.1) is 12.8 Å². The average Bonchev–Trinajstić information content (AvgIpc) is 2.68. The lowest BCUT2D eigenvalue weighted by Gasteiger charge is -2.18. The van der Waals surface area contributed by atoms with Crippen LogP contribution in [0.15, 0.2) is 12.1 Å². The molecule has 96 valence electrons. The van der Waals surface area contributed by atoms with Crippen molar-refractivity contribution in [3.8, 4) is 0 Å². The molecule has 1 amide bonds. The number of carbonyl (C=O) groups is 1. The van der Waals surface area contributed by atoms with Crippen LogP contribution < -0.4 is 10.6 Å². The van der Waals surface area contributed by atoms with Crippen molar-refractivity contribution < 1.29 is 4.79 Å². The largest absolute Gasteiger partial charge is 0.358 e. The quantitative estimate of drug-likeness (QED) is 0.818. The first kappa shape index (κ1) is 14.2. The van der Waals surface area contributed by atoms with E-state index < -0.39 is 0 Å². The van der Waals surface area contributed by atoms with Gasteiger partial charge in [0, 0.05) is 23.3 Å². The van der Waals surface area contributed by atoms with Crippen molar-refractivity contribution in [1.82, 2.24) is 10.6 Å². The van der Waals surface area contributed by atoms with Crippen LogP contribution in [0.2, 0.25) is 0 Å². The number of nitrogens with one attached hydrogen (secondary N) is 2. The molecule has 4 heteroatoms. The number of likely N-dealkylation sites (N-methyl/N-ethyl adjacent to an activating group) is 1. The van der Waals surface area contributed by atoms with Gasteiger partial charge in [-0.3, -0.25) is 4.79 Å². The predicted molar refractivity (Wildman–Crippen MR) is 73.2 cm³/mol. The van der Waals surface area contributed by atoms with Crippen molar-refractivity contribution in [3.05, 3.63) is 21.9 Å². The molecule has 1 unspecified atom stereocenters. The van der Waals surface area contributed by atoms with E-state index in [-0.39, 0.29) is 11.9 Å². The number of rotatable bonds is 6. The van der Waals surface area contributed by atoms with Crippen LogP contribution in [0.25, 0.3) is 0 Å². The Hall–Kier alpha value is -0.870. The highest BCUT2D eigenvalue weighted by molar-refractivity contribution is 7.11. The van der Waals surface area contributed by atoms with Gasteiger partial charge in [0.15, 0.2) is 0 Å². The molecule has 0 aromatic carbocycles. The van der Waals surface area contributed by atoms with Crippen LogP contribution in [-0.4, -0.2) is 19.0 Å². The van der Waals surface area contributed by atoms with Gasteiger partial charge in [0.1, 0.15) is 0 Å². The fourth-order valence-corrected chi connectivity index (χ4v) is 2.57. The highest BCUT2D eigenvalue weighted by atomic mass is 32.1. The first-order valence-electron chi connectivity index (χ1n) is 6.03. The Morgan fingerprint density at radius 1 is 1.41 bits per heavy atom. The van der Waals surface area contributed by atoms with Crippen molar-refractivity contribution in [3.63, 3.8) is 0 Å². The Kier molecular flexibility index (Phi) is 5.65. The normalized spacial score (nSPS) is 12.8. The Morgan fingerprint density at radius 2 is 2.12 bits per heavy atom. The number of hydrogen-bond donors (Lipinski definition) is 2. The van der Waals surface area contributed by atoms with E-state index in [0.717, 1.165) is 13.0 Å². The third kappa shape index (κ3) is 4.88. The first-order valence-corrected chi connectivity index (χ1v) is 6.85. The SMILES string of the molecule is CNC(=O)C(CC(C)C)NCc1ccc(C)s1. The monoisotopic (exact) mass is 254 g/mol. The second kappa shape index (κ2) is 6.77. The standard InChI is InChI=1S/C13H22N2OS/c1-9(2)7-12(13(16)14-4)15-8-11-6-5-10(3)17-11/h5-6,9,12,15H,7-8H2,1-4H3,(H,14,16). The maximum absolute atomic E-state index is 11.7. The van der Waals surface area contributed by atoms with Crippen LogP contribution in [0.3, 0.4) is 0 Å². The zero-order valence-electron chi connectivity index (χ0n) is 11.0. The molecule has 0 saturated carbocycles. The molecule has 1 rings (SSSR count). The van der Waals surface area contributed by atoms with Gasteiger partial charge in [-0.05, 0) is 31.4 Å². The summed E-state index contributed by atoms with van der Waals surface area (Å²) in [5.41, 5.74) is 0. The maximum atomic E-state index is 11.7.